The summed E-state index contributed by atoms with van der Waals surface area (Å²) in [4.78, 5) is 12.6. The van der Waals surface area contributed by atoms with E-state index in [1.54, 1.807) is 51.7 Å². The lowest BCUT2D eigenvalue weighted by Crippen LogP contribution is -2.04. The molecular weight excluding hydrogens is 350 g/mol. The summed E-state index contributed by atoms with van der Waals surface area (Å²) in [6.45, 7) is 0. The Balaban J connectivity index is 2.16. The number of amides is 1. The summed E-state index contributed by atoms with van der Waals surface area (Å²) in [7, 11) is 7.72. The molecular formula is C20H21NO6. The van der Waals surface area contributed by atoms with Gasteiger partial charge in [0.25, 0.3) is 5.91 Å². The molecule has 1 aliphatic rings. The molecule has 0 aromatic heterocycles. The zero-order valence-electron chi connectivity index (χ0n) is 15.8. The maximum Gasteiger partial charge on any atom is 0.256 e. The predicted octanol–water partition coefficient (Wildman–Crippen LogP) is 3.22. The Hall–Kier alpha value is -3.35. The summed E-state index contributed by atoms with van der Waals surface area (Å²) in [6.07, 6.45) is 1.74. The summed E-state index contributed by atoms with van der Waals surface area (Å²) in [5, 5.41) is 2.84. The van der Waals surface area contributed by atoms with Crippen molar-refractivity contribution in [2.75, 3.05) is 40.9 Å². The van der Waals surface area contributed by atoms with Gasteiger partial charge in [0, 0.05) is 22.8 Å². The van der Waals surface area contributed by atoms with Crippen molar-refractivity contribution in [1.29, 1.82) is 0 Å². The fourth-order valence-corrected chi connectivity index (χ4v) is 3.05. The van der Waals surface area contributed by atoms with Gasteiger partial charge in [0.05, 0.1) is 41.2 Å². The number of ether oxygens (including phenoxy) is 5. The van der Waals surface area contributed by atoms with Crippen LogP contribution in [0.1, 0.15) is 11.1 Å². The second-order valence-electron chi connectivity index (χ2n) is 5.69. The minimum absolute atomic E-state index is 0.225. The largest absolute Gasteiger partial charge is 0.493 e. The maximum absolute atomic E-state index is 12.6. The Labute approximate surface area is 157 Å². The molecule has 27 heavy (non-hydrogen) atoms. The Morgan fingerprint density at radius 1 is 0.778 bits per heavy atom. The van der Waals surface area contributed by atoms with E-state index >= 15 is 0 Å². The fraction of sp³-hybridized carbons (Fsp3) is 0.250. The lowest BCUT2D eigenvalue weighted by Gasteiger charge is -2.14. The molecule has 0 radical (unpaired) electrons. The molecule has 0 aliphatic carbocycles. The van der Waals surface area contributed by atoms with Crippen LogP contribution in [0.5, 0.6) is 28.7 Å². The number of carbonyl (C=O) groups is 1. The Morgan fingerprint density at radius 3 is 2.00 bits per heavy atom. The first-order valence-electron chi connectivity index (χ1n) is 8.16. The summed E-state index contributed by atoms with van der Waals surface area (Å²) in [5.41, 5.74) is 2.54. The monoisotopic (exact) mass is 371 g/mol. The van der Waals surface area contributed by atoms with Gasteiger partial charge in [0.1, 0.15) is 0 Å². The molecule has 2 aromatic rings. The van der Waals surface area contributed by atoms with Gasteiger partial charge in [0.15, 0.2) is 23.0 Å². The number of carbonyl (C=O) groups excluding carboxylic acids is 1. The Kier molecular flexibility index (Phi) is 5.12. The smallest absolute Gasteiger partial charge is 0.256 e. The molecule has 1 N–H and O–H groups in total. The molecule has 2 aromatic carbocycles. The number of methoxy groups -OCH3 is 5. The van der Waals surface area contributed by atoms with Crippen LogP contribution < -0.4 is 29.0 Å². The first-order valence-corrected chi connectivity index (χ1v) is 8.16. The summed E-state index contributed by atoms with van der Waals surface area (Å²) >= 11 is 0. The Morgan fingerprint density at radius 2 is 1.41 bits per heavy atom. The topological polar surface area (TPSA) is 75.2 Å². The van der Waals surface area contributed by atoms with E-state index in [2.05, 4.69) is 5.32 Å². The molecule has 3 rings (SSSR count). The van der Waals surface area contributed by atoms with Crippen molar-refractivity contribution in [3.63, 3.8) is 0 Å². The van der Waals surface area contributed by atoms with E-state index in [1.165, 1.54) is 14.2 Å². The normalized spacial score (nSPS) is 13.8. The second-order valence-corrected chi connectivity index (χ2v) is 5.69. The molecule has 0 saturated carbocycles. The highest BCUT2D eigenvalue weighted by atomic mass is 16.5. The van der Waals surface area contributed by atoms with Gasteiger partial charge in [-0.15, -0.1) is 0 Å². The number of fused-ring (bicyclic) bond motifs is 1. The highest BCUT2D eigenvalue weighted by Gasteiger charge is 2.27. The molecule has 1 aliphatic heterocycles. The first-order chi connectivity index (χ1) is 13.1. The van der Waals surface area contributed by atoms with Gasteiger partial charge in [-0.1, -0.05) is 0 Å². The van der Waals surface area contributed by atoms with Gasteiger partial charge < -0.3 is 29.0 Å². The number of hydrogen-bond donors (Lipinski definition) is 1. The van der Waals surface area contributed by atoms with Gasteiger partial charge >= 0.3 is 0 Å². The van der Waals surface area contributed by atoms with Crippen molar-refractivity contribution in [2.45, 2.75) is 0 Å². The third-order valence-corrected chi connectivity index (χ3v) is 4.34. The van der Waals surface area contributed by atoms with Crippen molar-refractivity contribution >= 4 is 23.2 Å². The number of hydrogen-bond acceptors (Lipinski definition) is 6. The van der Waals surface area contributed by atoms with E-state index in [0.717, 1.165) is 5.56 Å². The minimum atomic E-state index is -0.225. The van der Waals surface area contributed by atoms with E-state index in [4.69, 9.17) is 23.7 Å². The Bertz CT molecular complexity index is 919. The summed E-state index contributed by atoms with van der Waals surface area (Å²) < 4.78 is 26.9. The molecule has 0 spiro atoms. The van der Waals surface area contributed by atoms with Gasteiger partial charge in [-0.2, -0.15) is 0 Å². The van der Waals surface area contributed by atoms with Crippen LogP contribution in [0.3, 0.4) is 0 Å². The second kappa shape index (κ2) is 7.49. The zero-order chi connectivity index (χ0) is 19.6. The summed E-state index contributed by atoms with van der Waals surface area (Å²) in [5.74, 6) is 2.34. The highest BCUT2D eigenvalue weighted by molar-refractivity contribution is 6.35. The third kappa shape index (κ3) is 3.12. The average molecular weight is 371 g/mol. The lowest BCUT2D eigenvalue weighted by atomic mass is 10.0. The van der Waals surface area contributed by atoms with Crippen molar-refractivity contribution in [2.24, 2.45) is 0 Å². The van der Waals surface area contributed by atoms with E-state index in [0.29, 0.717) is 45.6 Å². The number of benzene rings is 2. The molecule has 1 heterocycles. The van der Waals surface area contributed by atoms with Gasteiger partial charge in [-0.3, -0.25) is 4.79 Å². The molecule has 0 saturated heterocycles. The first kappa shape index (κ1) is 18.4. The van der Waals surface area contributed by atoms with Crippen LogP contribution in [-0.4, -0.2) is 41.5 Å². The van der Waals surface area contributed by atoms with Crippen molar-refractivity contribution in [1.82, 2.24) is 0 Å². The maximum atomic E-state index is 12.6. The lowest BCUT2D eigenvalue weighted by molar-refractivity contribution is -0.110. The molecule has 0 bridgehead atoms. The quantitative estimate of drug-likeness (QED) is 0.786. The number of rotatable bonds is 6. The number of nitrogens with one attached hydrogen (secondary N) is 1. The van der Waals surface area contributed by atoms with Gasteiger partial charge in [-0.25, -0.2) is 0 Å². The van der Waals surface area contributed by atoms with E-state index in [9.17, 15) is 4.79 Å². The average Bonchev–Trinajstić information content (AvgIpc) is 3.00. The molecule has 0 unspecified atom stereocenters. The molecule has 7 nitrogen and oxygen atoms in total. The summed E-state index contributed by atoms with van der Waals surface area (Å²) in [6, 6.07) is 7.07. The van der Waals surface area contributed by atoms with Crippen molar-refractivity contribution in [3.05, 3.63) is 35.4 Å². The third-order valence-electron chi connectivity index (χ3n) is 4.34. The van der Waals surface area contributed by atoms with Crippen LogP contribution >= 0.6 is 0 Å². The van der Waals surface area contributed by atoms with E-state index in [1.807, 2.05) is 0 Å². The molecule has 0 atom stereocenters. The van der Waals surface area contributed by atoms with Crippen LogP contribution in [0.2, 0.25) is 0 Å². The van der Waals surface area contributed by atoms with Gasteiger partial charge in [0.2, 0.25) is 5.75 Å². The van der Waals surface area contributed by atoms with E-state index in [-0.39, 0.29) is 5.91 Å². The SMILES string of the molecule is COc1cc2c(cc1OC)/C(=C\c1ccc(OC)c(OC)c1OC)C(=O)N2. The van der Waals surface area contributed by atoms with Crippen LogP contribution in [-0.2, 0) is 4.79 Å². The predicted molar refractivity (Wildman–Crippen MR) is 102 cm³/mol. The van der Waals surface area contributed by atoms with E-state index < -0.39 is 0 Å². The standard InChI is InChI=1S/C20H21NO6/c1-23-15-7-6-11(18(26-4)19(15)27-5)8-13-12-9-16(24-2)17(25-3)10-14(12)21-20(13)22/h6-10H,1-5H3,(H,21,22)/b13-8+. The van der Waals surface area contributed by atoms with Crippen molar-refractivity contribution < 1.29 is 28.5 Å². The van der Waals surface area contributed by atoms with Crippen LogP contribution in [0, 0.1) is 0 Å². The van der Waals surface area contributed by atoms with Crippen LogP contribution in [0.25, 0.3) is 11.6 Å². The molecule has 142 valence electrons. The van der Waals surface area contributed by atoms with Crippen LogP contribution in [0.4, 0.5) is 5.69 Å². The minimum Gasteiger partial charge on any atom is -0.493 e. The molecule has 7 heteroatoms. The number of anilines is 1. The van der Waals surface area contributed by atoms with Gasteiger partial charge in [-0.05, 0) is 24.3 Å². The molecule has 0 fully saturated rings. The zero-order valence-corrected chi connectivity index (χ0v) is 15.8. The molecule has 1 amide bonds. The fourth-order valence-electron chi connectivity index (χ4n) is 3.05. The van der Waals surface area contributed by atoms with Crippen LogP contribution in [0.15, 0.2) is 24.3 Å². The van der Waals surface area contributed by atoms with Crippen molar-refractivity contribution in [3.8, 4) is 28.7 Å². The highest BCUT2D eigenvalue weighted by Crippen LogP contribution is 2.44.